The van der Waals surface area contributed by atoms with E-state index in [2.05, 4.69) is 5.32 Å². The third-order valence-electron chi connectivity index (χ3n) is 2.48. The summed E-state index contributed by atoms with van der Waals surface area (Å²) in [6, 6.07) is 7.20. The van der Waals surface area contributed by atoms with Crippen LogP contribution >= 0.6 is 0 Å². The van der Waals surface area contributed by atoms with Crippen LogP contribution in [0.25, 0.3) is 0 Å². The normalized spacial score (nSPS) is 12.5. The van der Waals surface area contributed by atoms with Crippen molar-refractivity contribution < 1.29 is 9.90 Å². The maximum atomic E-state index is 11.6. The molecule has 0 aliphatic carbocycles. The van der Waals surface area contributed by atoms with Crippen LogP contribution in [-0.4, -0.2) is 17.1 Å². The number of hydrogen-bond donors (Lipinski definition) is 2. The predicted molar refractivity (Wildman–Crippen MR) is 68.9 cm³/mol. The molecule has 2 N–H and O–H groups in total. The number of phenolic OH excluding ortho intramolecular Hbond substituents is 1. The van der Waals surface area contributed by atoms with Crippen molar-refractivity contribution in [2.45, 2.75) is 39.7 Å². The van der Waals surface area contributed by atoms with Crippen LogP contribution in [0.1, 0.15) is 32.8 Å². The number of carbonyl (C=O) groups excluding carboxylic acids is 1. The highest BCUT2D eigenvalue weighted by molar-refractivity contribution is 5.76. The fraction of sp³-hybridized carbons (Fsp3) is 0.500. The van der Waals surface area contributed by atoms with Crippen LogP contribution in [0.15, 0.2) is 24.3 Å². The standard InChI is InChI=1S/C14H21NO2/c1-10(2)8-14(17)15-11(3)9-12-4-6-13(16)7-5-12/h4-7,10-11,16H,8-9H2,1-3H3,(H,15,17). The zero-order valence-electron chi connectivity index (χ0n) is 10.7. The van der Waals surface area contributed by atoms with Crippen LogP contribution in [0, 0.1) is 5.92 Å². The van der Waals surface area contributed by atoms with E-state index in [0.29, 0.717) is 12.3 Å². The van der Waals surface area contributed by atoms with Gasteiger partial charge in [-0.25, -0.2) is 0 Å². The summed E-state index contributed by atoms with van der Waals surface area (Å²) in [6.07, 6.45) is 1.35. The van der Waals surface area contributed by atoms with Crippen molar-refractivity contribution in [1.82, 2.24) is 5.32 Å². The van der Waals surface area contributed by atoms with E-state index in [4.69, 9.17) is 5.11 Å². The van der Waals surface area contributed by atoms with E-state index in [1.807, 2.05) is 32.9 Å². The molecule has 1 atom stereocenters. The highest BCUT2D eigenvalue weighted by Gasteiger charge is 2.09. The second-order valence-electron chi connectivity index (χ2n) is 4.94. The van der Waals surface area contributed by atoms with Crippen LogP contribution in [0.3, 0.4) is 0 Å². The van der Waals surface area contributed by atoms with E-state index in [-0.39, 0.29) is 17.7 Å². The molecule has 94 valence electrons. The summed E-state index contributed by atoms with van der Waals surface area (Å²) >= 11 is 0. The molecule has 0 spiro atoms. The highest BCUT2D eigenvalue weighted by Crippen LogP contribution is 2.11. The largest absolute Gasteiger partial charge is 0.508 e. The summed E-state index contributed by atoms with van der Waals surface area (Å²) < 4.78 is 0. The van der Waals surface area contributed by atoms with Crippen molar-refractivity contribution in [2.24, 2.45) is 5.92 Å². The van der Waals surface area contributed by atoms with Crippen LogP contribution in [0.5, 0.6) is 5.75 Å². The van der Waals surface area contributed by atoms with Crippen molar-refractivity contribution in [3.63, 3.8) is 0 Å². The van der Waals surface area contributed by atoms with Gasteiger partial charge in [0.1, 0.15) is 5.75 Å². The van der Waals surface area contributed by atoms with Gasteiger partial charge in [0.25, 0.3) is 0 Å². The molecule has 0 bridgehead atoms. The molecule has 0 aliphatic rings. The SMILES string of the molecule is CC(C)CC(=O)NC(C)Cc1ccc(O)cc1. The van der Waals surface area contributed by atoms with E-state index < -0.39 is 0 Å². The third kappa shape index (κ3) is 5.38. The third-order valence-corrected chi connectivity index (χ3v) is 2.48. The molecule has 0 saturated heterocycles. The minimum absolute atomic E-state index is 0.103. The second-order valence-corrected chi connectivity index (χ2v) is 4.94. The van der Waals surface area contributed by atoms with E-state index >= 15 is 0 Å². The molecule has 3 heteroatoms. The maximum Gasteiger partial charge on any atom is 0.220 e. The molecule has 1 amide bonds. The Labute approximate surface area is 103 Å². The second kappa shape index (κ2) is 6.28. The lowest BCUT2D eigenvalue weighted by Crippen LogP contribution is -2.34. The van der Waals surface area contributed by atoms with E-state index in [0.717, 1.165) is 12.0 Å². The van der Waals surface area contributed by atoms with Gasteiger partial charge in [0.05, 0.1) is 0 Å². The number of amides is 1. The van der Waals surface area contributed by atoms with Gasteiger partial charge in [-0.15, -0.1) is 0 Å². The molecule has 3 nitrogen and oxygen atoms in total. The molecule has 0 aromatic heterocycles. The quantitative estimate of drug-likeness (QED) is 0.823. The summed E-state index contributed by atoms with van der Waals surface area (Å²) in [5.74, 6) is 0.757. The van der Waals surface area contributed by atoms with Crippen molar-refractivity contribution in [1.29, 1.82) is 0 Å². The Kier molecular flexibility index (Phi) is 5.01. The number of hydrogen-bond acceptors (Lipinski definition) is 2. The zero-order chi connectivity index (χ0) is 12.8. The molecular weight excluding hydrogens is 214 g/mol. The molecule has 0 heterocycles. The van der Waals surface area contributed by atoms with Crippen LogP contribution in [0.4, 0.5) is 0 Å². The first-order valence-electron chi connectivity index (χ1n) is 6.04. The monoisotopic (exact) mass is 235 g/mol. The van der Waals surface area contributed by atoms with Gasteiger partial charge in [0.15, 0.2) is 0 Å². The van der Waals surface area contributed by atoms with Gasteiger partial charge < -0.3 is 10.4 Å². The summed E-state index contributed by atoms with van der Waals surface area (Å²) in [4.78, 5) is 11.6. The number of rotatable bonds is 5. The number of carbonyl (C=O) groups is 1. The van der Waals surface area contributed by atoms with Crippen molar-refractivity contribution in [3.8, 4) is 5.75 Å². The summed E-state index contributed by atoms with van der Waals surface area (Å²) in [7, 11) is 0. The van der Waals surface area contributed by atoms with Gasteiger partial charge in [-0.1, -0.05) is 26.0 Å². The lowest BCUT2D eigenvalue weighted by atomic mass is 10.1. The smallest absolute Gasteiger partial charge is 0.220 e. The average molecular weight is 235 g/mol. The summed E-state index contributed by atoms with van der Waals surface area (Å²) in [6.45, 7) is 6.06. The van der Waals surface area contributed by atoms with Crippen LogP contribution in [-0.2, 0) is 11.2 Å². The molecule has 0 fully saturated rings. The number of nitrogens with one attached hydrogen (secondary N) is 1. The molecular formula is C14H21NO2. The summed E-state index contributed by atoms with van der Waals surface area (Å²) in [5.41, 5.74) is 1.11. The van der Waals surface area contributed by atoms with Crippen LogP contribution in [0.2, 0.25) is 0 Å². The molecule has 17 heavy (non-hydrogen) atoms. The van der Waals surface area contributed by atoms with Gasteiger partial charge in [-0.2, -0.15) is 0 Å². The highest BCUT2D eigenvalue weighted by atomic mass is 16.3. The number of aromatic hydroxyl groups is 1. The first-order chi connectivity index (χ1) is 7.97. The molecule has 0 radical (unpaired) electrons. The Morgan fingerprint density at radius 1 is 1.24 bits per heavy atom. The zero-order valence-corrected chi connectivity index (χ0v) is 10.7. The number of benzene rings is 1. The minimum Gasteiger partial charge on any atom is -0.508 e. The fourth-order valence-corrected chi connectivity index (χ4v) is 1.74. The average Bonchev–Trinajstić information content (AvgIpc) is 2.19. The molecule has 1 unspecified atom stereocenters. The fourth-order valence-electron chi connectivity index (χ4n) is 1.74. The predicted octanol–water partition coefficient (Wildman–Crippen LogP) is 2.49. The Morgan fingerprint density at radius 2 is 1.82 bits per heavy atom. The molecule has 1 rings (SSSR count). The summed E-state index contributed by atoms with van der Waals surface area (Å²) in [5, 5.41) is 12.1. The Morgan fingerprint density at radius 3 is 2.35 bits per heavy atom. The Bertz CT molecular complexity index is 357. The van der Waals surface area contributed by atoms with E-state index in [1.165, 1.54) is 0 Å². The maximum absolute atomic E-state index is 11.6. The van der Waals surface area contributed by atoms with Gasteiger partial charge in [-0.3, -0.25) is 4.79 Å². The molecule has 1 aromatic carbocycles. The van der Waals surface area contributed by atoms with Gasteiger partial charge in [0.2, 0.25) is 5.91 Å². The van der Waals surface area contributed by atoms with Crippen LogP contribution < -0.4 is 5.32 Å². The lowest BCUT2D eigenvalue weighted by molar-refractivity contribution is -0.122. The first kappa shape index (κ1) is 13.6. The molecule has 0 aliphatic heterocycles. The topological polar surface area (TPSA) is 49.3 Å². The first-order valence-corrected chi connectivity index (χ1v) is 6.04. The minimum atomic E-state index is 0.103. The Hall–Kier alpha value is -1.51. The van der Waals surface area contributed by atoms with Gasteiger partial charge >= 0.3 is 0 Å². The van der Waals surface area contributed by atoms with Crippen molar-refractivity contribution >= 4 is 5.91 Å². The number of phenols is 1. The van der Waals surface area contributed by atoms with Crippen molar-refractivity contribution in [2.75, 3.05) is 0 Å². The molecule has 0 saturated carbocycles. The Balaban J connectivity index is 2.41. The van der Waals surface area contributed by atoms with E-state index in [9.17, 15) is 4.79 Å². The van der Waals surface area contributed by atoms with Gasteiger partial charge in [0, 0.05) is 12.5 Å². The van der Waals surface area contributed by atoms with Gasteiger partial charge in [-0.05, 0) is 37.0 Å². The van der Waals surface area contributed by atoms with E-state index in [1.54, 1.807) is 12.1 Å². The lowest BCUT2D eigenvalue weighted by Gasteiger charge is -2.15. The molecule has 1 aromatic rings. The van der Waals surface area contributed by atoms with Crippen molar-refractivity contribution in [3.05, 3.63) is 29.8 Å².